The molecule has 27 heavy (non-hydrogen) atoms. The van der Waals surface area contributed by atoms with Gasteiger partial charge in [-0.15, -0.1) is 0 Å². The van der Waals surface area contributed by atoms with Crippen LogP contribution in [0, 0.1) is 12.7 Å². The molecule has 2 atom stereocenters. The number of nitrogens with zero attached hydrogens (tertiary/aromatic N) is 1. The molecule has 10 heteroatoms. The van der Waals surface area contributed by atoms with Crippen molar-refractivity contribution < 1.29 is 38.5 Å². The van der Waals surface area contributed by atoms with E-state index in [2.05, 4.69) is 0 Å². The third kappa shape index (κ3) is 5.14. The van der Waals surface area contributed by atoms with Gasteiger partial charge in [0, 0.05) is 25.6 Å². The first kappa shape index (κ1) is 22.3. The quantitative estimate of drug-likeness (QED) is 0.556. The molecule has 0 aliphatic rings. The van der Waals surface area contributed by atoms with E-state index in [0.29, 0.717) is 0 Å². The molecule has 0 aliphatic heterocycles. The molecule has 0 aliphatic carbocycles. The van der Waals surface area contributed by atoms with Gasteiger partial charge >= 0.3 is 11.9 Å². The number of carbonyl (C=O) groups is 3. The zero-order valence-electron chi connectivity index (χ0n) is 15.5. The van der Waals surface area contributed by atoms with Gasteiger partial charge in [0.2, 0.25) is 0 Å². The van der Waals surface area contributed by atoms with Crippen molar-refractivity contribution in [2.45, 2.75) is 18.9 Å². The summed E-state index contributed by atoms with van der Waals surface area (Å²) in [5, 5.41) is 17.9. The molecule has 4 N–H and O–H groups in total. The fraction of sp³-hybridized carbons (Fsp3) is 0.471. The fourth-order valence-corrected chi connectivity index (χ4v) is 2.54. The Morgan fingerprint density at radius 2 is 1.89 bits per heavy atom. The van der Waals surface area contributed by atoms with E-state index in [1.807, 2.05) is 0 Å². The zero-order chi connectivity index (χ0) is 20.9. The number of carbonyl (C=O) groups excluding carboxylic acids is 1. The maximum absolute atomic E-state index is 15.0. The topological polar surface area (TPSA) is 139 Å². The molecule has 9 nitrogen and oxygen atoms in total. The minimum Gasteiger partial charge on any atom is -0.496 e. The molecular weight excluding hydrogens is 363 g/mol. The van der Waals surface area contributed by atoms with Crippen LogP contribution in [-0.4, -0.2) is 73.4 Å². The Morgan fingerprint density at radius 1 is 1.30 bits per heavy atom. The average molecular weight is 386 g/mol. The Kier molecular flexibility index (Phi) is 7.68. The Balaban J connectivity index is 3.49. The van der Waals surface area contributed by atoms with Crippen LogP contribution in [0.25, 0.3) is 0 Å². The van der Waals surface area contributed by atoms with Crippen LogP contribution in [0.1, 0.15) is 27.4 Å². The highest BCUT2D eigenvalue weighted by molar-refractivity contribution is 5.98. The number of hydrogen-bond acceptors (Lipinski definition) is 6. The molecule has 0 bridgehead atoms. The molecule has 0 spiro atoms. The first-order chi connectivity index (χ1) is 12.5. The fourth-order valence-electron chi connectivity index (χ4n) is 2.54. The first-order valence-electron chi connectivity index (χ1n) is 7.89. The summed E-state index contributed by atoms with van der Waals surface area (Å²) in [4.78, 5) is 35.5. The second-order valence-electron chi connectivity index (χ2n) is 6.06. The van der Waals surface area contributed by atoms with Gasteiger partial charge in [-0.1, -0.05) is 0 Å². The number of rotatable bonds is 9. The third-order valence-electron chi connectivity index (χ3n) is 3.97. The predicted molar refractivity (Wildman–Crippen MR) is 92.5 cm³/mol. The highest BCUT2D eigenvalue weighted by Gasteiger charge is 2.32. The van der Waals surface area contributed by atoms with Gasteiger partial charge in [-0.3, -0.25) is 9.59 Å². The molecule has 2 unspecified atom stereocenters. The van der Waals surface area contributed by atoms with Crippen molar-refractivity contribution >= 4 is 17.8 Å². The normalized spacial score (nSPS) is 13.0. The Bertz CT molecular complexity index is 736. The van der Waals surface area contributed by atoms with Crippen molar-refractivity contribution in [3.05, 3.63) is 28.6 Å². The number of hydrogen-bond donors (Lipinski definition) is 3. The number of aliphatic carboxylic acids is 2. The summed E-state index contributed by atoms with van der Waals surface area (Å²) in [5.74, 6) is -5.15. The number of methoxy groups -OCH3 is 1. The van der Waals surface area contributed by atoms with E-state index in [-0.39, 0.29) is 22.4 Å². The van der Waals surface area contributed by atoms with Gasteiger partial charge in [0.15, 0.2) is 0 Å². The summed E-state index contributed by atoms with van der Waals surface area (Å²) < 4.78 is 25.1. The van der Waals surface area contributed by atoms with E-state index < -0.39 is 48.8 Å². The summed E-state index contributed by atoms with van der Waals surface area (Å²) >= 11 is 0. The van der Waals surface area contributed by atoms with Crippen LogP contribution in [-0.2, 0) is 14.3 Å². The number of ether oxygens (including phenoxy) is 2. The second kappa shape index (κ2) is 9.28. The minimum atomic E-state index is -1.56. The molecule has 0 saturated carbocycles. The van der Waals surface area contributed by atoms with E-state index in [0.717, 1.165) is 0 Å². The summed E-state index contributed by atoms with van der Waals surface area (Å²) in [6, 6.07) is -0.371. The van der Waals surface area contributed by atoms with Crippen molar-refractivity contribution in [1.29, 1.82) is 0 Å². The molecule has 1 rings (SSSR count). The van der Waals surface area contributed by atoms with Crippen molar-refractivity contribution in [1.82, 2.24) is 4.90 Å². The highest BCUT2D eigenvalue weighted by Crippen LogP contribution is 2.33. The van der Waals surface area contributed by atoms with Crippen LogP contribution in [0.3, 0.4) is 0 Å². The number of carboxylic acid groups (broad SMARTS) is 2. The summed E-state index contributed by atoms with van der Waals surface area (Å²) in [6.07, 6.45) is 0. The Labute approximate surface area is 155 Å². The molecule has 1 aromatic rings. The molecular formula is C17H23FN2O7. The van der Waals surface area contributed by atoms with E-state index in [1.165, 1.54) is 39.1 Å². The first-order valence-corrected chi connectivity index (χ1v) is 7.89. The van der Waals surface area contributed by atoms with Crippen molar-refractivity contribution in [2.75, 3.05) is 34.4 Å². The summed E-state index contributed by atoms with van der Waals surface area (Å²) in [5.41, 5.74) is 5.48. The molecule has 150 valence electrons. The van der Waals surface area contributed by atoms with Gasteiger partial charge in [-0.25, -0.2) is 9.18 Å². The maximum Gasteiger partial charge on any atom is 0.329 e. The predicted octanol–water partition coefficient (Wildman–Crippen LogP) is 0.441. The SMILES string of the molecule is COc1cc(C(COCC(=O)O)C(N)C(=O)O)c(F)c(C)c1C(=O)N(C)C. The Hall–Kier alpha value is -2.72. The molecule has 0 aromatic heterocycles. The van der Waals surface area contributed by atoms with Crippen LogP contribution >= 0.6 is 0 Å². The standard InChI is InChI=1S/C17H23FN2O7/c1-8-13(16(23)20(2)3)11(26-4)5-9(14(8)18)10(15(19)17(24)25)6-27-7-12(21)22/h5,10,15H,6-7,19H2,1-4H3,(H,21,22)(H,24,25). The number of halogens is 1. The molecule has 1 aromatic carbocycles. The molecule has 0 fully saturated rings. The van der Waals surface area contributed by atoms with Crippen molar-refractivity contribution in [2.24, 2.45) is 5.73 Å². The summed E-state index contributed by atoms with van der Waals surface area (Å²) in [7, 11) is 4.28. The van der Waals surface area contributed by atoms with E-state index in [4.69, 9.17) is 20.3 Å². The second-order valence-corrected chi connectivity index (χ2v) is 6.06. The molecule has 0 saturated heterocycles. The number of amides is 1. The smallest absolute Gasteiger partial charge is 0.329 e. The lowest BCUT2D eigenvalue weighted by Gasteiger charge is -2.24. The summed E-state index contributed by atoms with van der Waals surface area (Å²) in [6.45, 7) is 0.220. The van der Waals surface area contributed by atoms with Crippen LogP contribution in [0.2, 0.25) is 0 Å². The highest BCUT2D eigenvalue weighted by atomic mass is 19.1. The van der Waals surface area contributed by atoms with Gasteiger partial charge < -0.3 is 30.3 Å². The van der Waals surface area contributed by atoms with Gasteiger partial charge in [-0.05, 0) is 18.6 Å². The largest absolute Gasteiger partial charge is 0.496 e. The van der Waals surface area contributed by atoms with E-state index in [1.54, 1.807) is 0 Å². The third-order valence-corrected chi connectivity index (χ3v) is 3.97. The van der Waals surface area contributed by atoms with E-state index in [9.17, 15) is 19.5 Å². The Morgan fingerprint density at radius 3 is 2.33 bits per heavy atom. The van der Waals surface area contributed by atoms with Crippen molar-refractivity contribution in [3.63, 3.8) is 0 Å². The lowest BCUT2D eigenvalue weighted by atomic mass is 9.88. The van der Waals surface area contributed by atoms with Gasteiger partial charge in [0.05, 0.1) is 19.3 Å². The zero-order valence-corrected chi connectivity index (χ0v) is 15.5. The maximum atomic E-state index is 15.0. The number of benzene rings is 1. The molecule has 1 amide bonds. The molecule has 0 heterocycles. The minimum absolute atomic E-state index is 0.00199. The molecule has 0 radical (unpaired) electrons. The van der Waals surface area contributed by atoms with Gasteiger partial charge in [0.25, 0.3) is 5.91 Å². The number of nitrogens with two attached hydrogens (primary N) is 1. The van der Waals surface area contributed by atoms with Gasteiger partial charge in [0.1, 0.15) is 24.2 Å². The monoisotopic (exact) mass is 386 g/mol. The number of carboxylic acids is 2. The average Bonchev–Trinajstić information content (AvgIpc) is 2.59. The lowest BCUT2D eigenvalue weighted by molar-refractivity contribution is -0.142. The van der Waals surface area contributed by atoms with Crippen LogP contribution < -0.4 is 10.5 Å². The lowest BCUT2D eigenvalue weighted by Crippen LogP contribution is -2.39. The van der Waals surface area contributed by atoms with Gasteiger partial charge in [-0.2, -0.15) is 0 Å². The van der Waals surface area contributed by atoms with Crippen molar-refractivity contribution in [3.8, 4) is 5.75 Å². The van der Waals surface area contributed by atoms with E-state index >= 15 is 4.39 Å². The van der Waals surface area contributed by atoms with Crippen LogP contribution in [0.5, 0.6) is 5.75 Å². The van der Waals surface area contributed by atoms with Crippen LogP contribution in [0.15, 0.2) is 6.07 Å². The van der Waals surface area contributed by atoms with Crippen LogP contribution in [0.4, 0.5) is 4.39 Å².